The fraction of sp³-hybridized carbons (Fsp3) is 0.889. The smallest absolute Gasteiger partial charge is 0.330 e. The van der Waals surface area contributed by atoms with Gasteiger partial charge in [-0.1, -0.05) is 6.58 Å². The number of hydrogen-bond donors (Lipinski definition) is 0. The van der Waals surface area contributed by atoms with E-state index in [-0.39, 0.29) is 6.61 Å². The Morgan fingerprint density at radius 2 is 0.745 bits per heavy atom. The molecule has 24 heteroatoms. The van der Waals surface area contributed by atoms with E-state index in [1.165, 1.54) is 6.08 Å². The Kier molecular flexibility index (Phi) is 20.5. The largest absolute Gasteiger partial charge is 0.463 e. The molecular weight excluding hydrogens is 865 g/mol. The topological polar surface area (TPSA) is 109 Å². The molecule has 51 heavy (non-hydrogen) atoms. The van der Waals surface area contributed by atoms with Crippen LogP contribution in [0.3, 0.4) is 0 Å². The van der Waals surface area contributed by atoms with E-state index in [1.54, 1.807) is 0 Å². The van der Waals surface area contributed by atoms with Crippen LogP contribution in [0.2, 0.25) is 144 Å². The summed E-state index contributed by atoms with van der Waals surface area (Å²) in [6, 6.07) is 0.648. The van der Waals surface area contributed by atoms with Gasteiger partial charge in [-0.25, -0.2) is 4.79 Å². The van der Waals surface area contributed by atoms with Crippen molar-refractivity contribution in [2.75, 3.05) is 6.61 Å². The molecule has 0 aromatic carbocycles. The molecule has 304 valence electrons. The molecule has 0 bridgehead atoms. The van der Waals surface area contributed by atoms with Crippen LogP contribution >= 0.6 is 0 Å². The van der Waals surface area contributed by atoms with Crippen LogP contribution in [0.25, 0.3) is 0 Å². The normalized spacial score (nSPS) is 19.4. The van der Waals surface area contributed by atoms with Gasteiger partial charge < -0.3 is 41.8 Å². The molecule has 0 saturated heterocycles. The van der Waals surface area contributed by atoms with E-state index in [1.807, 2.05) is 0 Å². The first kappa shape index (κ1) is 52.7. The first-order chi connectivity index (χ1) is 22.4. The summed E-state index contributed by atoms with van der Waals surface area (Å²) >= 11 is 0. The molecule has 0 aliphatic rings. The molecule has 0 radical (unpaired) electrons. The maximum atomic E-state index is 12.3. The van der Waals surface area contributed by atoms with Gasteiger partial charge in [0.1, 0.15) is 0 Å². The van der Waals surface area contributed by atoms with E-state index in [9.17, 15) is 4.79 Å². The van der Waals surface area contributed by atoms with Crippen LogP contribution in [0.15, 0.2) is 12.7 Å². The van der Waals surface area contributed by atoms with Gasteiger partial charge in [-0.3, -0.25) is 0 Å². The van der Waals surface area contributed by atoms with E-state index in [2.05, 4.69) is 144 Å². The molecule has 11 nitrogen and oxygen atoms in total. The van der Waals surface area contributed by atoms with Gasteiger partial charge in [-0.15, -0.1) is 0 Å². The fourth-order valence-electron chi connectivity index (χ4n) is 5.92. The maximum absolute atomic E-state index is 12.3. The molecule has 0 heterocycles. The molecule has 0 fully saturated rings. The Labute approximate surface area is 330 Å². The zero-order chi connectivity index (χ0) is 40.6. The van der Waals surface area contributed by atoms with Gasteiger partial charge in [0, 0.05) is 6.08 Å². The summed E-state index contributed by atoms with van der Waals surface area (Å²) in [6.07, 6.45) is 1.78. The number of carbonyl (C=O) groups is 1. The Hall–Kier alpha value is 1.67. The van der Waals surface area contributed by atoms with E-state index in [4.69, 9.17) is 41.8 Å². The number of esters is 1. The summed E-state index contributed by atoms with van der Waals surface area (Å²) in [5.41, 5.74) is 0. The van der Waals surface area contributed by atoms with Crippen molar-refractivity contribution in [1.29, 1.82) is 0 Å². The monoisotopic (exact) mass is 942 g/mol. The predicted octanol–water partition coefficient (Wildman–Crippen LogP) is 6.16. The Morgan fingerprint density at radius 1 is 0.471 bits per heavy atom. The second kappa shape index (κ2) is 19.9. The standard InChI is InChI=1S/C27H78O11Si13/c1-23-27(28)29-25-24-26-51(48(20,36-45(11,12)13)33-39-30-42(2,3)4,49(21,37-46(14,15)16)34-40-31-43(5,6)7)50(22,38-47(17,18)19)35-41-32-44(8,9)10/h23H,1,24-26,39-41H2,2-22H3. The van der Waals surface area contributed by atoms with Crippen LogP contribution in [-0.2, 0) is 46.6 Å². The van der Waals surface area contributed by atoms with Gasteiger partial charge >= 0.3 is 30.2 Å². The molecule has 0 aromatic heterocycles. The van der Waals surface area contributed by atoms with Gasteiger partial charge in [0.2, 0.25) is 6.63 Å². The Morgan fingerprint density at radius 3 is 0.961 bits per heavy atom. The van der Waals surface area contributed by atoms with Crippen LogP contribution in [0.4, 0.5) is 0 Å². The summed E-state index contributed by atoms with van der Waals surface area (Å²) in [4.78, 5) is 12.3. The van der Waals surface area contributed by atoms with Crippen molar-refractivity contribution in [1.82, 2.24) is 0 Å². The van der Waals surface area contributed by atoms with Gasteiger partial charge in [-0.05, 0) is 150 Å². The van der Waals surface area contributed by atoms with Crippen molar-refractivity contribution < 1.29 is 46.6 Å². The lowest BCUT2D eigenvalue weighted by Crippen LogP contribution is -2.93. The number of carbonyl (C=O) groups excluding carboxylic acids is 1. The van der Waals surface area contributed by atoms with Crippen molar-refractivity contribution in [3.8, 4) is 0 Å². The SMILES string of the molecule is C=CC(=O)OCCC[Si]([Si](C)(O[SiH2]O[Si](C)(C)C)O[Si](C)(C)C)([Si](C)(O[SiH2]O[Si](C)(C)C)O[Si](C)(C)C)[Si](C)(O[SiH2]O[Si](C)(C)C)O[Si](C)(C)C. The van der Waals surface area contributed by atoms with E-state index >= 15 is 0 Å². The molecule has 0 aromatic rings. The van der Waals surface area contributed by atoms with Gasteiger partial charge in [0.15, 0.2) is 49.9 Å². The Balaban J connectivity index is 8.54. The average Bonchev–Trinajstić information content (AvgIpc) is 2.82. The van der Waals surface area contributed by atoms with Crippen LogP contribution in [0.1, 0.15) is 6.42 Å². The van der Waals surface area contributed by atoms with E-state index < -0.39 is 117 Å². The zero-order valence-corrected chi connectivity index (χ0v) is 50.8. The van der Waals surface area contributed by atoms with Crippen LogP contribution in [0.5, 0.6) is 0 Å². The van der Waals surface area contributed by atoms with E-state index in [0.29, 0.717) is 12.5 Å². The third-order valence-corrected chi connectivity index (χ3v) is 92.4. The van der Waals surface area contributed by atoms with Crippen LogP contribution in [-0.4, -0.2) is 123 Å². The van der Waals surface area contributed by atoms with Crippen molar-refractivity contribution >= 4 is 117 Å². The van der Waals surface area contributed by atoms with Gasteiger partial charge in [0.25, 0.3) is 30.0 Å². The molecular formula is C27H78O11Si13. The predicted molar refractivity (Wildman–Crippen MR) is 247 cm³/mol. The first-order valence-electron chi connectivity index (χ1n) is 18.2. The highest BCUT2D eigenvalue weighted by atomic mass is 30.0. The third-order valence-electron chi connectivity index (χ3n) is 7.41. The zero-order valence-electron chi connectivity index (χ0n) is 36.5. The van der Waals surface area contributed by atoms with Crippen molar-refractivity contribution in [2.45, 2.75) is 150 Å². The lowest BCUT2D eigenvalue weighted by molar-refractivity contribution is -0.137. The van der Waals surface area contributed by atoms with Crippen molar-refractivity contribution in [2.24, 2.45) is 0 Å². The number of rotatable bonds is 26. The third kappa shape index (κ3) is 19.6. The van der Waals surface area contributed by atoms with Crippen molar-refractivity contribution in [3.05, 3.63) is 12.7 Å². The quantitative estimate of drug-likeness (QED) is 0.0431. The maximum Gasteiger partial charge on any atom is 0.330 e. The number of ether oxygens (including phenoxy) is 1. The molecule has 3 atom stereocenters. The lowest BCUT2D eigenvalue weighted by atomic mass is 10.5. The summed E-state index contributed by atoms with van der Waals surface area (Å²) in [5.74, 6) is -0.441. The van der Waals surface area contributed by atoms with E-state index in [0.717, 1.165) is 0 Å². The molecule has 0 rings (SSSR count). The highest BCUT2D eigenvalue weighted by Gasteiger charge is 2.81. The van der Waals surface area contributed by atoms with Crippen LogP contribution < -0.4 is 0 Å². The second-order valence-corrected chi connectivity index (χ2v) is 83.2. The average molecular weight is 944 g/mol. The molecule has 0 amide bonds. The van der Waals surface area contributed by atoms with Gasteiger partial charge in [-0.2, -0.15) is 0 Å². The molecule has 0 N–H and O–H groups in total. The molecule has 0 spiro atoms. The lowest BCUT2D eigenvalue weighted by Gasteiger charge is -2.60. The minimum atomic E-state index is -3.39. The molecule has 3 unspecified atom stereocenters. The molecule has 0 aliphatic heterocycles. The highest BCUT2D eigenvalue weighted by molar-refractivity contribution is 7.86. The molecule has 0 aliphatic carbocycles. The first-order valence-corrected chi connectivity index (χ1v) is 54.2. The fourth-order valence-corrected chi connectivity index (χ4v) is 118. The van der Waals surface area contributed by atoms with Crippen LogP contribution in [0, 0.1) is 0 Å². The van der Waals surface area contributed by atoms with Crippen molar-refractivity contribution in [3.63, 3.8) is 0 Å². The number of hydrogen-bond acceptors (Lipinski definition) is 11. The molecule has 0 saturated carbocycles. The van der Waals surface area contributed by atoms with Gasteiger partial charge in [0.05, 0.1) is 6.61 Å². The summed E-state index contributed by atoms with van der Waals surface area (Å²) in [5, 5.41) is 0. The highest BCUT2D eigenvalue weighted by Crippen LogP contribution is 2.46. The minimum absolute atomic E-state index is 0.223. The summed E-state index contributed by atoms with van der Waals surface area (Å²) in [6.45, 7) is 47.2. The Bertz CT molecular complexity index is 987. The minimum Gasteiger partial charge on any atom is -0.463 e. The summed E-state index contributed by atoms with van der Waals surface area (Å²) in [7, 11) is -27.3. The second-order valence-electron chi connectivity index (χ2n) is 19.4. The summed E-state index contributed by atoms with van der Waals surface area (Å²) < 4.78 is 70.8.